The van der Waals surface area contributed by atoms with E-state index in [0.29, 0.717) is 5.82 Å². The number of ether oxygens (including phenoxy) is 1. The fraction of sp³-hybridized carbons (Fsp3) is 0.111. The van der Waals surface area contributed by atoms with Crippen LogP contribution in [-0.2, 0) is 4.74 Å². The van der Waals surface area contributed by atoms with Gasteiger partial charge in [-0.05, 0) is 49.7 Å². The molecular formula is C27H23N3O2. The van der Waals surface area contributed by atoms with Gasteiger partial charge in [-0.3, -0.25) is 9.13 Å². The van der Waals surface area contributed by atoms with Gasteiger partial charge < -0.3 is 4.74 Å². The van der Waals surface area contributed by atoms with Crippen molar-refractivity contribution in [1.82, 2.24) is 14.1 Å². The van der Waals surface area contributed by atoms with Gasteiger partial charge in [-0.25, -0.2) is 9.78 Å². The zero-order valence-electron chi connectivity index (χ0n) is 18.0. The Morgan fingerprint density at radius 3 is 2.38 bits per heavy atom. The van der Waals surface area contributed by atoms with E-state index in [0.717, 1.165) is 27.8 Å². The first kappa shape index (κ1) is 19.8. The molecule has 0 aliphatic heterocycles. The Hall–Kier alpha value is -4.12. The molecule has 2 aromatic heterocycles. The number of rotatable bonds is 5. The number of carbonyl (C=O) groups excluding carboxylic acids is 1. The molecule has 5 aromatic rings. The lowest BCUT2D eigenvalue weighted by molar-refractivity contribution is 0.0520. The number of hydrogen-bond donors (Lipinski definition) is 0. The van der Waals surface area contributed by atoms with Crippen LogP contribution in [0.4, 0.5) is 0 Å². The summed E-state index contributed by atoms with van der Waals surface area (Å²) in [5.74, 6) is 0.220. The van der Waals surface area contributed by atoms with Gasteiger partial charge in [-0.1, -0.05) is 60.2 Å². The molecular weight excluding hydrogens is 398 g/mol. The van der Waals surface area contributed by atoms with Gasteiger partial charge in [0.15, 0.2) is 11.5 Å². The van der Waals surface area contributed by atoms with Gasteiger partial charge in [0.1, 0.15) is 6.33 Å². The fourth-order valence-corrected chi connectivity index (χ4v) is 4.06. The minimum Gasteiger partial charge on any atom is -0.461 e. The summed E-state index contributed by atoms with van der Waals surface area (Å²) in [4.78, 5) is 17.4. The molecule has 0 N–H and O–H groups in total. The summed E-state index contributed by atoms with van der Waals surface area (Å²) >= 11 is 0. The van der Waals surface area contributed by atoms with E-state index >= 15 is 0 Å². The highest BCUT2D eigenvalue weighted by Gasteiger charge is 2.25. The summed E-state index contributed by atoms with van der Waals surface area (Å²) in [6, 6.07) is 28.6. The number of benzene rings is 3. The maximum atomic E-state index is 12.9. The van der Waals surface area contributed by atoms with E-state index in [4.69, 9.17) is 4.74 Å². The monoisotopic (exact) mass is 421 g/mol. The highest BCUT2D eigenvalue weighted by atomic mass is 16.5. The molecule has 2 heterocycles. The van der Waals surface area contributed by atoms with Crippen LogP contribution in [0.1, 0.15) is 23.0 Å². The Morgan fingerprint density at radius 1 is 0.938 bits per heavy atom. The molecule has 0 amide bonds. The number of aryl methyl sites for hydroxylation is 1. The average Bonchev–Trinajstić information content (AvgIpc) is 3.41. The first-order valence-electron chi connectivity index (χ1n) is 10.6. The summed E-state index contributed by atoms with van der Waals surface area (Å²) < 4.78 is 9.41. The van der Waals surface area contributed by atoms with Crippen molar-refractivity contribution in [1.29, 1.82) is 0 Å². The first-order chi connectivity index (χ1) is 15.7. The maximum Gasteiger partial charge on any atom is 0.360 e. The van der Waals surface area contributed by atoms with Gasteiger partial charge in [0.2, 0.25) is 0 Å². The van der Waals surface area contributed by atoms with E-state index < -0.39 is 5.97 Å². The molecule has 0 fully saturated rings. The van der Waals surface area contributed by atoms with Crippen LogP contribution >= 0.6 is 0 Å². The lowest BCUT2D eigenvalue weighted by atomic mass is 10.1. The first-order valence-corrected chi connectivity index (χ1v) is 10.6. The predicted molar refractivity (Wildman–Crippen MR) is 127 cm³/mol. The highest BCUT2D eigenvalue weighted by molar-refractivity contribution is 5.95. The maximum absolute atomic E-state index is 12.9. The van der Waals surface area contributed by atoms with E-state index in [1.54, 1.807) is 13.3 Å². The second-order valence-electron chi connectivity index (χ2n) is 7.64. The number of para-hydroxylation sites is 1. The molecule has 32 heavy (non-hydrogen) atoms. The lowest BCUT2D eigenvalue weighted by Crippen LogP contribution is -2.13. The Morgan fingerprint density at radius 2 is 1.66 bits per heavy atom. The lowest BCUT2D eigenvalue weighted by Gasteiger charge is -2.16. The average molecular weight is 422 g/mol. The number of carbonyl (C=O) groups is 1. The molecule has 5 nitrogen and oxygen atoms in total. The Balaban J connectivity index is 1.87. The molecule has 0 bridgehead atoms. The van der Waals surface area contributed by atoms with E-state index in [9.17, 15) is 4.79 Å². The Bertz CT molecular complexity index is 1400. The second kappa shape index (κ2) is 8.19. The van der Waals surface area contributed by atoms with Gasteiger partial charge in [0.05, 0.1) is 17.8 Å². The molecule has 0 radical (unpaired) electrons. The zero-order chi connectivity index (χ0) is 22.1. The third-order valence-corrected chi connectivity index (χ3v) is 5.48. The van der Waals surface area contributed by atoms with Crippen LogP contribution in [0.3, 0.4) is 0 Å². The third kappa shape index (κ3) is 3.38. The molecule has 0 spiro atoms. The van der Waals surface area contributed by atoms with Crippen LogP contribution in [0.5, 0.6) is 0 Å². The molecule has 0 saturated carbocycles. The number of nitrogens with zero attached hydrogens (tertiary/aromatic N) is 3. The van der Waals surface area contributed by atoms with Crippen molar-refractivity contribution < 1.29 is 9.53 Å². The van der Waals surface area contributed by atoms with Crippen molar-refractivity contribution in [2.24, 2.45) is 0 Å². The van der Waals surface area contributed by atoms with Crippen molar-refractivity contribution >= 4 is 16.9 Å². The number of fused-ring (bicyclic) bond motifs is 1. The summed E-state index contributed by atoms with van der Waals surface area (Å²) in [5, 5.41) is 1.10. The molecule has 5 rings (SSSR count). The van der Waals surface area contributed by atoms with Crippen LogP contribution in [0.15, 0.2) is 91.3 Å². The molecule has 0 atom stereocenters. The van der Waals surface area contributed by atoms with Crippen LogP contribution < -0.4 is 0 Å². The summed E-state index contributed by atoms with van der Waals surface area (Å²) in [5.41, 5.74) is 5.41. The second-order valence-corrected chi connectivity index (χ2v) is 7.64. The minimum atomic E-state index is -0.440. The van der Waals surface area contributed by atoms with E-state index in [2.05, 4.69) is 52.9 Å². The van der Waals surface area contributed by atoms with Gasteiger partial charge in [-0.15, -0.1) is 0 Å². The quantitative estimate of drug-likeness (QED) is 0.329. The number of imidazole rings is 1. The van der Waals surface area contributed by atoms with E-state index in [1.165, 1.54) is 5.56 Å². The Kier molecular flexibility index (Phi) is 5.07. The molecule has 3 aromatic carbocycles. The summed E-state index contributed by atoms with van der Waals surface area (Å²) in [7, 11) is 0. The van der Waals surface area contributed by atoms with Crippen molar-refractivity contribution in [3.05, 3.63) is 103 Å². The summed E-state index contributed by atoms with van der Waals surface area (Å²) in [6.07, 6.45) is 1.69. The van der Waals surface area contributed by atoms with E-state index in [1.807, 2.05) is 53.1 Å². The fourth-order valence-electron chi connectivity index (χ4n) is 4.06. The van der Waals surface area contributed by atoms with Crippen LogP contribution in [0.2, 0.25) is 0 Å². The molecule has 0 unspecified atom stereocenters. The van der Waals surface area contributed by atoms with Crippen LogP contribution in [0, 0.1) is 6.92 Å². The topological polar surface area (TPSA) is 49.0 Å². The van der Waals surface area contributed by atoms with Gasteiger partial charge >= 0.3 is 5.97 Å². The third-order valence-electron chi connectivity index (χ3n) is 5.48. The SMILES string of the molecule is CCOC(=O)c1ncn(-c2ccccc2)c1-n1c(-c2ccccc2)cc2cc(C)ccc21. The molecule has 0 saturated heterocycles. The van der Waals surface area contributed by atoms with Crippen LogP contribution in [-0.4, -0.2) is 26.7 Å². The standard InChI is InChI=1S/C27H23N3O2/c1-3-32-27(31)25-26(29(18-28-25)22-12-8-5-9-13-22)30-23-15-14-19(2)16-21(23)17-24(30)20-10-6-4-7-11-20/h4-18H,3H2,1-2H3. The predicted octanol–water partition coefficient (Wildman–Crippen LogP) is 5.97. The largest absolute Gasteiger partial charge is 0.461 e. The number of hydrogen-bond acceptors (Lipinski definition) is 3. The smallest absolute Gasteiger partial charge is 0.360 e. The van der Waals surface area contributed by atoms with Crippen molar-refractivity contribution in [3.8, 4) is 22.8 Å². The zero-order valence-corrected chi connectivity index (χ0v) is 18.0. The number of esters is 1. The molecule has 0 aliphatic rings. The van der Waals surface area contributed by atoms with Gasteiger partial charge in [-0.2, -0.15) is 0 Å². The summed E-state index contributed by atoms with van der Waals surface area (Å²) in [6.45, 7) is 4.17. The molecule has 5 heteroatoms. The van der Waals surface area contributed by atoms with E-state index in [-0.39, 0.29) is 12.3 Å². The molecule has 0 aliphatic carbocycles. The highest BCUT2D eigenvalue weighted by Crippen LogP contribution is 2.34. The molecule has 158 valence electrons. The van der Waals surface area contributed by atoms with Crippen molar-refractivity contribution in [2.75, 3.05) is 6.61 Å². The van der Waals surface area contributed by atoms with Crippen molar-refractivity contribution in [3.63, 3.8) is 0 Å². The van der Waals surface area contributed by atoms with Gasteiger partial charge in [0, 0.05) is 11.1 Å². The van der Waals surface area contributed by atoms with Crippen molar-refractivity contribution in [2.45, 2.75) is 13.8 Å². The number of aromatic nitrogens is 3. The van der Waals surface area contributed by atoms with Gasteiger partial charge in [0.25, 0.3) is 0 Å². The van der Waals surface area contributed by atoms with Crippen LogP contribution in [0.25, 0.3) is 33.7 Å². The Labute approximate surface area is 186 Å². The normalized spacial score (nSPS) is 11.1. The minimum absolute atomic E-state index is 0.283.